The van der Waals surface area contributed by atoms with Gasteiger partial charge < -0.3 is 11.1 Å². The van der Waals surface area contributed by atoms with Crippen molar-refractivity contribution in [3.05, 3.63) is 0 Å². The second kappa shape index (κ2) is 6.62. The van der Waals surface area contributed by atoms with Gasteiger partial charge in [0.1, 0.15) is 0 Å². The van der Waals surface area contributed by atoms with Crippen LogP contribution in [0.5, 0.6) is 0 Å². The van der Waals surface area contributed by atoms with Gasteiger partial charge in [0.15, 0.2) is 0 Å². The van der Waals surface area contributed by atoms with Crippen molar-refractivity contribution >= 4 is 15.9 Å². The molecule has 0 aromatic carbocycles. The van der Waals surface area contributed by atoms with Gasteiger partial charge in [-0.25, -0.2) is 12.7 Å². The molecule has 2 fully saturated rings. The van der Waals surface area contributed by atoms with Crippen molar-refractivity contribution in [2.24, 2.45) is 11.1 Å². The van der Waals surface area contributed by atoms with Crippen LogP contribution in [0.25, 0.3) is 0 Å². The zero-order valence-corrected chi connectivity index (χ0v) is 13.6. The molecule has 0 atom stereocenters. The minimum Gasteiger partial charge on any atom is -0.353 e. The van der Waals surface area contributed by atoms with Crippen molar-refractivity contribution in [1.29, 1.82) is 0 Å². The first kappa shape index (κ1) is 16.7. The maximum Gasteiger partial charge on any atom is 0.227 e. The molecule has 0 aromatic rings. The van der Waals surface area contributed by atoms with E-state index in [0.29, 0.717) is 38.9 Å². The Bertz CT molecular complexity index is 460. The number of carbonyl (C=O) groups excluding carboxylic acids is 1. The molecule has 2 rings (SSSR count). The molecule has 1 aliphatic heterocycles. The third-order valence-corrected chi connectivity index (χ3v) is 6.90. The number of sulfonamides is 1. The van der Waals surface area contributed by atoms with Crippen molar-refractivity contribution in [2.45, 2.75) is 51.5 Å². The van der Waals surface area contributed by atoms with Crippen molar-refractivity contribution in [3.63, 3.8) is 0 Å². The molecule has 1 saturated heterocycles. The minimum atomic E-state index is -3.11. The van der Waals surface area contributed by atoms with Crippen LogP contribution in [-0.4, -0.2) is 50.1 Å². The summed E-state index contributed by atoms with van der Waals surface area (Å²) in [6, 6.07) is 0.0783. The summed E-state index contributed by atoms with van der Waals surface area (Å²) in [5, 5.41) is 3.08. The third-order valence-electron chi connectivity index (χ3n) is 4.83. The Hall–Kier alpha value is -0.660. The van der Waals surface area contributed by atoms with Crippen LogP contribution in [0.4, 0.5) is 0 Å². The summed E-state index contributed by atoms with van der Waals surface area (Å²) in [6.45, 7) is 3.28. The van der Waals surface area contributed by atoms with Gasteiger partial charge in [0.05, 0.1) is 11.2 Å². The Kier molecular flexibility index (Phi) is 5.27. The van der Waals surface area contributed by atoms with E-state index in [9.17, 15) is 13.2 Å². The maximum atomic E-state index is 12.3. The molecule has 0 spiro atoms. The number of nitrogens with zero attached hydrogens (tertiary/aromatic N) is 1. The van der Waals surface area contributed by atoms with Crippen LogP contribution >= 0.6 is 0 Å². The molecular formula is C14H27N3O3S. The number of hydrogen-bond acceptors (Lipinski definition) is 4. The zero-order valence-electron chi connectivity index (χ0n) is 12.8. The minimum absolute atomic E-state index is 0.0612. The molecular weight excluding hydrogens is 290 g/mol. The highest BCUT2D eigenvalue weighted by Gasteiger charge is 2.43. The quantitative estimate of drug-likeness (QED) is 0.743. The number of hydrogen-bond donors (Lipinski definition) is 2. The summed E-state index contributed by atoms with van der Waals surface area (Å²) in [6.07, 6.45) is 4.83. The van der Waals surface area contributed by atoms with Crippen LogP contribution in [0.3, 0.4) is 0 Å². The second-order valence-corrected chi connectivity index (χ2v) is 8.39. The van der Waals surface area contributed by atoms with E-state index >= 15 is 0 Å². The number of piperidine rings is 1. The van der Waals surface area contributed by atoms with Gasteiger partial charge in [-0.1, -0.05) is 13.3 Å². The fourth-order valence-corrected chi connectivity index (χ4v) is 4.67. The van der Waals surface area contributed by atoms with E-state index in [-0.39, 0.29) is 23.1 Å². The van der Waals surface area contributed by atoms with Gasteiger partial charge in [-0.3, -0.25) is 4.79 Å². The normalized spacial score (nSPS) is 23.5. The standard InChI is InChI=1S/C14H27N3O3S/c1-2-10-21(19,20)17-8-4-12(5-9-17)16-13(18)14(11-15)6-3-7-14/h12H,2-11,15H2,1H3,(H,16,18). The number of carbonyl (C=O) groups is 1. The van der Waals surface area contributed by atoms with Crippen LogP contribution in [0, 0.1) is 5.41 Å². The molecule has 7 heteroatoms. The van der Waals surface area contributed by atoms with E-state index < -0.39 is 10.0 Å². The molecule has 0 unspecified atom stereocenters. The van der Waals surface area contributed by atoms with Crippen molar-refractivity contribution in [2.75, 3.05) is 25.4 Å². The maximum absolute atomic E-state index is 12.3. The van der Waals surface area contributed by atoms with Gasteiger partial charge in [0.25, 0.3) is 0 Å². The van der Waals surface area contributed by atoms with Gasteiger partial charge in [0, 0.05) is 25.7 Å². The molecule has 21 heavy (non-hydrogen) atoms. The summed E-state index contributed by atoms with van der Waals surface area (Å²) < 4.78 is 25.6. The highest BCUT2D eigenvalue weighted by atomic mass is 32.2. The first-order chi connectivity index (χ1) is 9.93. The molecule has 1 saturated carbocycles. The average molecular weight is 317 g/mol. The molecule has 2 aliphatic rings. The van der Waals surface area contributed by atoms with Crippen molar-refractivity contribution in [1.82, 2.24) is 9.62 Å². The van der Waals surface area contributed by atoms with Crippen LogP contribution in [0.1, 0.15) is 45.4 Å². The number of amides is 1. The molecule has 0 radical (unpaired) electrons. The lowest BCUT2D eigenvalue weighted by Crippen LogP contribution is -2.55. The predicted molar refractivity (Wildman–Crippen MR) is 82.2 cm³/mol. The number of rotatable bonds is 6. The largest absolute Gasteiger partial charge is 0.353 e. The van der Waals surface area contributed by atoms with Gasteiger partial charge in [0.2, 0.25) is 15.9 Å². The van der Waals surface area contributed by atoms with E-state index in [1.165, 1.54) is 0 Å². The van der Waals surface area contributed by atoms with Crippen molar-refractivity contribution in [3.8, 4) is 0 Å². The Morgan fingerprint density at radius 1 is 1.33 bits per heavy atom. The Balaban J connectivity index is 1.83. The highest BCUT2D eigenvalue weighted by Crippen LogP contribution is 2.40. The van der Waals surface area contributed by atoms with E-state index in [4.69, 9.17) is 5.73 Å². The number of nitrogens with two attached hydrogens (primary N) is 1. The lowest BCUT2D eigenvalue weighted by atomic mass is 9.68. The lowest BCUT2D eigenvalue weighted by molar-refractivity contribution is -0.136. The second-order valence-electron chi connectivity index (χ2n) is 6.30. The molecule has 3 N–H and O–H groups in total. The molecule has 1 amide bonds. The Morgan fingerprint density at radius 2 is 1.95 bits per heavy atom. The van der Waals surface area contributed by atoms with E-state index in [1.54, 1.807) is 4.31 Å². The topological polar surface area (TPSA) is 92.5 Å². The third kappa shape index (κ3) is 3.57. The monoisotopic (exact) mass is 317 g/mol. The summed E-state index contributed by atoms with van der Waals surface area (Å²) >= 11 is 0. The van der Waals surface area contributed by atoms with E-state index in [0.717, 1.165) is 19.3 Å². The molecule has 1 heterocycles. The van der Waals surface area contributed by atoms with Gasteiger partial charge in [-0.15, -0.1) is 0 Å². The van der Waals surface area contributed by atoms with E-state index in [1.807, 2.05) is 6.92 Å². The summed E-state index contributed by atoms with van der Waals surface area (Å²) in [4.78, 5) is 12.3. The average Bonchev–Trinajstić information content (AvgIpc) is 2.38. The Morgan fingerprint density at radius 3 is 2.38 bits per heavy atom. The van der Waals surface area contributed by atoms with Gasteiger partial charge in [-0.05, 0) is 32.1 Å². The smallest absolute Gasteiger partial charge is 0.227 e. The first-order valence-corrected chi connectivity index (χ1v) is 9.53. The van der Waals surface area contributed by atoms with Crippen LogP contribution < -0.4 is 11.1 Å². The van der Waals surface area contributed by atoms with Crippen LogP contribution in [0.15, 0.2) is 0 Å². The van der Waals surface area contributed by atoms with Crippen molar-refractivity contribution < 1.29 is 13.2 Å². The van der Waals surface area contributed by atoms with Crippen LogP contribution in [-0.2, 0) is 14.8 Å². The summed E-state index contributed by atoms with van der Waals surface area (Å²) in [5.74, 6) is 0.270. The van der Waals surface area contributed by atoms with Gasteiger partial charge in [-0.2, -0.15) is 0 Å². The van der Waals surface area contributed by atoms with E-state index in [2.05, 4.69) is 5.32 Å². The molecule has 0 bridgehead atoms. The lowest BCUT2D eigenvalue weighted by Gasteiger charge is -2.41. The highest BCUT2D eigenvalue weighted by molar-refractivity contribution is 7.89. The first-order valence-electron chi connectivity index (χ1n) is 7.92. The predicted octanol–water partition coefficient (Wildman–Crippen LogP) is 0.436. The summed E-state index contributed by atoms with van der Waals surface area (Å²) in [7, 11) is -3.11. The zero-order chi connectivity index (χ0) is 15.5. The fourth-order valence-electron chi connectivity index (χ4n) is 3.13. The Labute approximate surface area is 127 Å². The fraction of sp³-hybridized carbons (Fsp3) is 0.929. The SMILES string of the molecule is CCCS(=O)(=O)N1CCC(NC(=O)C2(CN)CCC2)CC1. The number of nitrogens with one attached hydrogen (secondary N) is 1. The van der Waals surface area contributed by atoms with Crippen LogP contribution in [0.2, 0.25) is 0 Å². The molecule has 6 nitrogen and oxygen atoms in total. The summed E-state index contributed by atoms with van der Waals surface area (Å²) in [5.41, 5.74) is 5.38. The molecule has 122 valence electrons. The molecule has 0 aromatic heterocycles. The molecule has 1 aliphatic carbocycles. The van der Waals surface area contributed by atoms with Gasteiger partial charge >= 0.3 is 0 Å².